The van der Waals surface area contributed by atoms with Gasteiger partial charge in [-0.05, 0) is 0 Å². The van der Waals surface area contributed by atoms with Gasteiger partial charge in [0.15, 0.2) is 0 Å². The Morgan fingerprint density at radius 1 is 0.933 bits per heavy atom. The van der Waals surface area contributed by atoms with Crippen LogP contribution >= 0.6 is 28.2 Å². The van der Waals surface area contributed by atoms with Crippen molar-refractivity contribution in [2.45, 2.75) is 48.5 Å². The van der Waals surface area contributed by atoms with E-state index in [4.69, 9.17) is 9.47 Å². The molecule has 0 aromatic rings. The van der Waals surface area contributed by atoms with Crippen LogP contribution < -0.4 is 0 Å². The molecule has 2 rings (SSSR count). The summed E-state index contributed by atoms with van der Waals surface area (Å²) in [6.07, 6.45) is 5.93. The molecular formula is C10H18Br2O2Se. The van der Waals surface area contributed by atoms with Gasteiger partial charge >= 0.3 is 109 Å². The molecule has 0 radical (unpaired) electrons. The molecular weight excluding hydrogens is 391 g/mol. The van der Waals surface area contributed by atoms with Gasteiger partial charge in [0, 0.05) is 0 Å². The van der Waals surface area contributed by atoms with Crippen LogP contribution in [0.2, 0.25) is 10.6 Å². The van der Waals surface area contributed by atoms with Gasteiger partial charge in [0.05, 0.1) is 0 Å². The first-order valence-corrected chi connectivity index (χ1v) is 16.0. The molecule has 2 fully saturated rings. The maximum atomic E-state index is 5.69. The van der Waals surface area contributed by atoms with Gasteiger partial charge in [-0.1, -0.05) is 0 Å². The van der Waals surface area contributed by atoms with E-state index in [1.165, 1.54) is 36.3 Å². The number of hydrogen-bond donors (Lipinski definition) is 0. The molecule has 0 aromatic carbocycles. The minimum atomic E-state index is -1.64. The number of ether oxygens (including phenoxy) is 2. The summed E-state index contributed by atoms with van der Waals surface area (Å²) in [5.41, 5.74) is 0. The summed E-state index contributed by atoms with van der Waals surface area (Å²) in [5.74, 6) is 0. The van der Waals surface area contributed by atoms with E-state index < -0.39 is 9.23 Å². The second-order valence-corrected chi connectivity index (χ2v) is 26.0. The third-order valence-electron chi connectivity index (χ3n) is 2.91. The van der Waals surface area contributed by atoms with Gasteiger partial charge in [-0.15, -0.1) is 0 Å². The summed E-state index contributed by atoms with van der Waals surface area (Å²) in [7, 11) is -1.64. The van der Waals surface area contributed by atoms with Crippen LogP contribution in [0.4, 0.5) is 0 Å². The molecule has 5 heteroatoms. The van der Waals surface area contributed by atoms with Gasteiger partial charge in [0.25, 0.3) is 0 Å². The molecule has 0 aliphatic carbocycles. The molecule has 15 heavy (non-hydrogen) atoms. The Kier molecular flexibility index (Phi) is 4.99. The normalized spacial score (nSPS) is 33.5. The van der Waals surface area contributed by atoms with Crippen molar-refractivity contribution in [3.8, 4) is 0 Å². The summed E-state index contributed by atoms with van der Waals surface area (Å²) in [5, 5.41) is 2.38. The van der Waals surface area contributed by atoms with Gasteiger partial charge < -0.3 is 0 Å². The fourth-order valence-corrected chi connectivity index (χ4v) is 12.0. The van der Waals surface area contributed by atoms with Crippen LogP contribution in [0.25, 0.3) is 0 Å². The Balaban J connectivity index is 1.76. The van der Waals surface area contributed by atoms with Crippen LogP contribution in [0.5, 0.6) is 0 Å². The first-order valence-electron chi connectivity index (χ1n) is 5.57. The summed E-state index contributed by atoms with van der Waals surface area (Å²) in [6, 6.07) is 0. The molecule has 2 saturated heterocycles. The summed E-state index contributed by atoms with van der Waals surface area (Å²) in [6.45, 7) is 1.91. The zero-order valence-corrected chi connectivity index (χ0v) is 13.7. The Hall–Kier alpha value is 1.40. The number of rotatable bonds is 4. The van der Waals surface area contributed by atoms with Gasteiger partial charge in [-0.2, -0.15) is 0 Å². The quantitative estimate of drug-likeness (QED) is 0.662. The Bertz CT molecular complexity index is 182. The molecule has 0 aromatic heterocycles. The fourth-order valence-electron chi connectivity index (χ4n) is 2.16. The molecule has 2 atom stereocenters. The van der Waals surface area contributed by atoms with Crippen molar-refractivity contribution >= 4 is 37.4 Å². The van der Waals surface area contributed by atoms with Crippen molar-refractivity contribution in [3.05, 3.63) is 0 Å². The van der Waals surface area contributed by atoms with Crippen LogP contribution in [0.15, 0.2) is 0 Å². The molecule has 0 saturated carbocycles. The summed E-state index contributed by atoms with van der Waals surface area (Å²) in [4.78, 5) is 0. The predicted molar refractivity (Wildman–Crippen MR) is 71.2 cm³/mol. The molecule has 2 nitrogen and oxygen atoms in total. The Labute approximate surface area is 108 Å². The SMILES string of the molecule is Br[Se](Br)(CC1CCCO1)CC1CCCO1. The average Bonchev–Trinajstić information content (AvgIpc) is 2.75. The third-order valence-corrected chi connectivity index (χ3v) is 12.0. The van der Waals surface area contributed by atoms with Gasteiger partial charge in [-0.3, -0.25) is 0 Å². The van der Waals surface area contributed by atoms with Crippen molar-refractivity contribution in [1.82, 2.24) is 0 Å². The number of hydrogen-bond acceptors (Lipinski definition) is 2. The summed E-state index contributed by atoms with van der Waals surface area (Å²) >= 11 is 7.83. The molecule has 0 spiro atoms. The average molecular weight is 409 g/mol. The fraction of sp³-hybridized carbons (Fsp3) is 1.00. The molecule has 90 valence electrons. The van der Waals surface area contributed by atoms with Crippen LogP contribution in [-0.4, -0.2) is 34.7 Å². The third kappa shape index (κ3) is 4.29. The van der Waals surface area contributed by atoms with E-state index in [1.54, 1.807) is 0 Å². The minimum absolute atomic E-state index is 0.491. The van der Waals surface area contributed by atoms with Gasteiger partial charge in [0.2, 0.25) is 0 Å². The molecule has 2 aliphatic rings. The predicted octanol–water partition coefficient (Wildman–Crippen LogP) is 3.58. The second-order valence-electron chi connectivity index (χ2n) is 4.30. The first-order chi connectivity index (χ1) is 7.16. The van der Waals surface area contributed by atoms with Crippen molar-refractivity contribution in [1.29, 1.82) is 0 Å². The van der Waals surface area contributed by atoms with Crippen molar-refractivity contribution in [2.75, 3.05) is 13.2 Å². The van der Waals surface area contributed by atoms with E-state index in [9.17, 15) is 0 Å². The van der Waals surface area contributed by atoms with Crippen LogP contribution in [0.1, 0.15) is 25.7 Å². The molecule has 2 heterocycles. The summed E-state index contributed by atoms with van der Waals surface area (Å²) < 4.78 is 11.4. The van der Waals surface area contributed by atoms with Crippen molar-refractivity contribution < 1.29 is 9.47 Å². The maximum absolute atomic E-state index is 5.69. The number of halogens is 2. The molecule has 0 N–H and O–H groups in total. The topological polar surface area (TPSA) is 18.5 Å². The van der Waals surface area contributed by atoms with Crippen molar-refractivity contribution in [2.24, 2.45) is 0 Å². The van der Waals surface area contributed by atoms with E-state index in [-0.39, 0.29) is 0 Å². The first kappa shape index (κ1) is 12.8. The zero-order chi connectivity index (χ0) is 10.7. The van der Waals surface area contributed by atoms with E-state index in [2.05, 4.69) is 28.2 Å². The Morgan fingerprint density at radius 2 is 1.40 bits per heavy atom. The van der Waals surface area contributed by atoms with E-state index in [1.807, 2.05) is 0 Å². The Morgan fingerprint density at radius 3 is 1.73 bits per heavy atom. The van der Waals surface area contributed by atoms with Gasteiger partial charge in [-0.25, -0.2) is 0 Å². The van der Waals surface area contributed by atoms with Crippen LogP contribution in [-0.2, 0) is 9.47 Å². The monoisotopic (exact) mass is 408 g/mol. The van der Waals surface area contributed by atoms with Crippen LogP contribution in [0.3, 0.4) is 0 Å². The molecule has 2 unspecified atom stereocenters. The molecule has 2 aliphatic heterocycles. The van der Waals surface area contributed by atoms with Gasteiger partial charge in [0.1, 0.15) is 0 Å². The van der Waals surface area contributed by atoms with E-state index >= 15 is 0 Å². The van der Waals surface area contributed by atoms with Crippen LogP contribution in [0, 0.1) is 0 Å². The van der Waals surface area contributed by atoms with Crippen molar-refractivity contribution in [3.63, 3.8) is 0 Å². The van der Waals surface area contributed by atoms with E-state index in [0.29, 0.717) is 12.2 Å². The molecule has 0 amide bonds. The standard InChI is InChI=1S/C10H18Br2O2Se/c11-15(12,7-9-3-1-5-13-9)8-10-4-2-6-14-10/h9-10H,1-8H2. The second kappa shape index (κ2) is 5.83. The van der Waals surface area contributed by atoms with E-state index in [0.717, 1.165) is 13.2 Å². The zero-order valence-electron chi connectivity index (χ0n) is 8.79. The molecule has 0 bridgehead atoms.